The molecule has 1 aromatic carbocycles. The Morgan fingerprint density at radius 2 is 2.05 bits per heavy atom. The van der Waals surface area contributed by atoms with Crippen LogP contribution in [0.3, 0.4) is 0 Å². The predicted molar refractivity (Wildman–Crippen MR) is 79.4 cm³/mol. The first-order chi connectivity index (χ1) is 10.7. The third-order valence-electron chi connectivity index (χ3n) is 3.15. The Morgan fingerprint density at radius 3 is 2.77 bits per heavy atom. The summed E-state index contributed by atoms with van der Waals surface area (Å²) < 4.78 is 12.8. The molecule has 6 heteroatoms. The molecule has 0 aliphatic carbocycles. The Morgan fingerprint density at radius 1 is 1.23 bits per heavy atom. The van der Waals surface area contributed by atoms with E-state index in [4.69, 9.17) is 0 Å². The molecule has 0 aliphatic rings. The molecule has 1 amide bonds. The molecule has 2 heterocycles. The van der Waals surface area contributed by atoms with Gasteiger partial charge in [-0.25, -0.2) is 4.39 Å². The summed E-state index contributed by atoms with van der Waals surface area (Å²) in [6.07, 6.45) is 3.35. The fourth-order valence-corrected chi connectivity index (χ4v) is 1.98. The second-order valence-corrected chi connectivity index (χ2v) is 4.72. The van der Waals surface area contributed by atoms with Gasteiger partial charge in [0.2, 0.25) is 0 Å². The zero-order chi connectivity index (χ0) is 15.4. The number of hydrogen-bond acceptors (Lipinski definition) is 3. The minimum absolute atomic E-state index is 0.271. The van der Waals surface area contributed by atoms with Crippen LogP contribution in [0.4, 0.5) is 4.39 Å². The predicted octanol–water partition coefficient (Wildman–Crippen LogP) is 2.54. The largest absolute Gasteiger partial charge is 0.347 e. The van der Waals surface area contributed by atoms with Crippen LogP contribution >= 0.6 is 0 Å². The van der Waals surface area contributed by atoms with Crippen LogP contribution in [0, 0.1) is 5.82 Å². The third kappa shape index (κ3) is 3.17. The van der Waals surface area contributed by atoms with Crippen LogP contribution in [-0.2, 0) is 6.54 Å². The molecule has 0 saturated heterocycles. The number of rotatable bonds is 4. The highest BCUT2D eigenvalue weighted by molar-refractivity contribution is 5.93. The first-order valence-electron chi connectivity index (χ1n) is 6.71. The highest BCUT2D eigenvalue weighted by Gasteiger charge is 2.10. The number of aromatic nitrogens is 3. The van der Waals surface area contributed by atoms with Gasteiger partial charge in [0.15, 0.2) is 0 Å². The number of benzene rings is 1. The van der Waals surface area contributed by atoms with E-state index in [2.05, 4.69) is 20.5 Å². The van der Waals surface area contributed by atoms with Gasteiger partial charge in [0.1, 0.15) is 11.5 Å². The molecule has 0 atom stereocenters. The topological polar surface area (TPSA) is 70.7 Å². The minimum Gasteiger partial charge on any atom is -0.347 e. The first-order valence-corrected chi connectivity index (χ1v) is 6.71. The summed E-state index contributed by atoms with van der Waals surface area (Å²) in [6, 6.07) is 11.3. The molecule has 2 aromatic heterocycles. The zero-order valence-corrected chi connectivity index (χ0v) is 11.6. The fourth-order valence-electron chi connectivity index (χ4n) is 1.98. The van der Waals surface area contributed by atoms with E-state index >= 15 is 0 Å². The van der Waals surface area contributed by atoms with Crippen molar-refractivity contribution in [1.82, 2.24) is 20.5 Å². The second kappa shape index (κ2) is 6.17. The summed E-state index contributed by atoms with van der Waals surface area (Å²) in [7, 11) is 0. The van der Waals surface area contributed by atoms with Crippen molar-refractivity contribution >= 4 is 5.91 Å². The number of nitrogens with one attached hydrogen (secondary N) is 2. The van der Waals surface area contributed by atoms with Crippen LogP contribution in [0.5, 0.6) is 0 Å². The van der Waals surface area contributed by atoms with Crippen molar-refractivity contribution in [3.63, 3.8) is 0 Å². The van der Waals surface area contributed by atoms with Gasteiger partial charge >= 0.3 is 0 Å². The number of carbonyl (C=O) groups excluding carboxylic acids is 1. The molecule has 0 bridgehead atoms. The Labute approximate surface area is 126 Å². The molecule has 3 rings (SSSR count). The minimum atomic E-state index is -0.301. The van der Waals surface area contributed by atoms with Gasteiger partial charge < -0.3 is 5.32 Å². The van der Waals surface area contributed by atoms with Crippen LogP contribution < -0.4 is 5.32 Å². The monoisotopic (exact) mass is 296 g/mol. The highest BCUT2D eigenvalue weighted by Crippen LogP contribution is 2.15. The van der Waals surface area contributed by atoms with E-state index in [9.17, 15) is 9.18 Å². The van der Waals surface area contributed by atoms with Gasteiger partial charge in [-0.05, 0) is 35.9 Å². The number of amides is 1. The van der Waals surface area contributed by atoms with Gasteiger partial charge in [-0.2, -0.15) is 5.10 Å². The third-order valence-corrected chi connectivity index (χ3v) is 3.15. The van der Waals surface area contributed by atoms with Gasteiger partial charge in [-0.3, -0.25) is 14.9 Å². The summed E-state index contributed by atoms with van der Waals surface area (Å²) in [5.74, 6) is -0.572. The Hall–Kier alpha value is -3.02. The molecule has 110 valence electrons. The van der Waals surface area contributed by atoms with Crippen LogP contribution in [-0.4, -0.2) is 21.1 Å². The average Bonchev–Trinajstić information content (AvgIpc) is 3.05. The number of aromatic amines is 1. The number of hydrogen-bond donors (Lipinski definition) is 2. The van der Waals surface area contributed by atoms with Crippen molar-refractivity contribution in [2.45, 2.75) is 6.54 Å². The van der Waals surface area contributed by atoms with Crippen LogP contribution in [0.25, 0.3) is 11.3 Å². The van der Waals surface area contributed by atoms with Crippen molar-refractivity contribution < 1.29 is 9.18 Å². The van der Waals surface area contributed by atoms with E-state index in [-0.39, 0.29) is 11.7 Å². The fraction of sp³-hybridized carbons (Fsp3) is 0.0625. The van der Waals surface area contributed by atoms with Crippen molar-refractivity contribution in [1.29, 1.82) is 0 Å². The van der Waals surface area contributed by atoms with Crippen LogP contribution in [0.1, 0.15) is 16.1 Å². The van der Waals surface area contributed by atoms with E-state index in [1.165, 1.54) is 12.1 Å². The van der Waals surface area contributed by atoms with Crippen LogP contribution in [0.2, 0.25) is 0 Å². The summed E-state index contributed by atoms with van der Waals surface area (Å²) in [4.78, 5) is 16.1. The SMILES string of the molecule is O=C(NCc1ccc(F)cc1)c1cc(-c2cccnc2)n[nH]1. The lowest BCUT2D eigenvalue weighted by atomic mass is 10.2. The number of nitrogens with zero attached hydrogens (tertiary/aromatic N) is 2. The van der Waals surface area contributed by atoms with Crippen molar-refractivity contribution in [2.24, 2.45) is 0 Å². The molecule has 2 N–H and O–H groups in total. The Balaban J connectivity index is 1.66. The quantitative estimate of drug-likeness (QED) is 0.777. The number of H-pyrrole nitrogens is 1. The van der Waals surface area contributed by atoms with Gasteiger partial charge in [-0.1, -0.05) is 12.1 Å². The van der Waals surface area contributed by atoms with Gasteiger partial charge in [-0.15, -0.1) is 0 Å². The van der Waals surface area contributed by atoms with Gasteiger partial charge in [0.05, 0.1) is 5.69 Å². The van der Waals surface area contributed by atoms with Gasteiger partial charge in [0, 0.05) is 24.5 Å². The van der Waals surface area contributed by atoms with E-state index in [0.717, 1.165) is 11.1 Å². The van der Waals surface area contributed by atoms with Gasteiger partial charge in [0.25, 0.3) is 5.91 Å². The molecular weight excluding hydrogens is 283 g/mol. The number of pyridine rings is 1. The molecule has 0 unspecified atom stereocenters. The lowest BCUT2D eigenvalue weighted by molar-refractivity contribution is 0.0946. The summed E-state index contributed by atoms with van der Waals surface area (Å²) >= 11 is 0. The normalized spacial score (nSPS) is 10.4. The maximum Gasteiger partial charge on any atom is 0.269 e. The standard InChI is InChI=1S/C16H13FN4O/c17-13-5-3-11(4-6-13)9-19-16(22)15-8-14(20-21-15)12-2-1-7-18-10-12/h1-8,10H,9H2,(H,19,22)(H,20,21). The molecule has 3 aromatic rings. The summed E-state index contributed by atoms with van der Waals surface area (Å²) in [5.41, 5.74) is 2.67. The highest BCUT2D eigenvalue weighted by atomic mass is 19.1. The van der Waals surface area contributed by atoms with Crippen molar-refractivity contribution in [3.05, 3.63) is 71.9 Å². The Kier molecular flexibility index (Phi) is 3.91. The van der Waals surface area contributed by atoms with E-state index < -0.39 is 0 Å². The summed E-state index contributed by atoms with van der Waals surface area (Å²) in [6.45, 7) is 0.320. The zero-order valence-electron chi connectivity index (χ0n) is 11.6. The molecule has 5 nitrogen and oxygen atoms in total. The lowest BCUT2D eigenvalue weighted by Gasteiger charge is -2.03. The molecule has 0 aliphatic heterocycles. The molecular formula is C16H13FN4O. The average molecular weight is 296 g/mol. The first kappa shape index (κ1) is 13.9. The molecule has 0 radical (unpaired) electrons. The van der Waals surface area contributed by atoms with E-state index in [1.807, 2.05) is 6.07 Å². The smallest absolute Gasteiger partial charge is 0.269 e. The lowest BCUT2D eigenvalue weighted by Crippen LogP contribution is -2.23. The van der Waals surface area contributed by atoms with E-state index in [0.29, 0.717) is 17.9 Å². The number of halogens is 1. The van der Waals surface area contributed by atoms with E-state index in [1.54, 1.807) is 36.7 Å². The Bertz CT molecular complexity index is 768. The van der Waals surface area contributed by atoms with Crippen molar-refractivity contribution in [2.75, 3.05) is 0 Å². The maximum absolute atomic E-state index is 12.8. The maximum atomic E-state index is 12.8. The summed E-state index contributed by atoms with van der Waals surface area (Å²) in [5, 5.41) is 9.55. The second-order valence-electron chi connectivity index (χ2n) is 4.72. The molecule has 0 spiro atoms. The number of carbonyl (C=O) groups is 1. The molecule has 22 heavy (non-hydrogen) atoms. The molecule has 0 saturated carbocycles. The molecule has 0 fully saturated rings. The van der Waals surface area contributed by atoms with Crippen LogP contribution in [0.15, 0.2) is 54.9 Å². The van der Waals surface area contributed by atoms with Crippen molar-refractivity contribution in [3.8, 4) is 11.3 Å².